The van der Waals surface area contributed by atoms with Crippen LogP contribution in [0.15, 0.2) is 16.5 Å². The lowest BCUT2D eigenvalue weighted by atomic mass is 10.2. The molecule has 0 aliphatic carbocycles. The van der Waals surface area contributed by atoms with Gasteiger partial charge in [0, 0.05) is 38.1 Å². The van der Waals surface area contributed by atoms with Crippen molar-refractivity contribution in [3.8, 4) is 0 Å². The largest absolute Gasteiger partial charge is 0.382 e. The minimum Gasteiger partial charge on any atom is -0.382 e. The van der Waals surface area contributed by atoms with Crippen LogP contribution in [0.25, 0.3) is 0 Å². The maximum atomic E-state index is 12.3. The highest BCUT2D eigenvalue weighted by atomic mass is 32.2. The second-order valence-electron chi connectivity index (χ2n) is 4.67. The predicted molar refractivity (Wildman–Crippen MR) is 86.4 cm³/mol. The number of anilines is 2. The fraction of sp³-hybridized carbons (Fsp3) is 0.455. The van der Waals surface area contributed by atoms with Crippen LogP contribution in [0, 0.1) is 0 Å². The Hall–Kier alpha value is -1.23. The Labute approximate surface area is 132 Å². The quantitative estimate of drug-likeness (QED) is 0.824. The van der Waals surface area contributed by atoms with Gasteiger partial charge in [-0.25, -0.2) is 17.7 Å². The van der Waals surface area contributed by atoms with Gasteiger partial charge in [-0.1, -0.05) is 6.92 Å². The van der Waals surface area contributed by atoms with Crippen molar-refractivity contribution in [2.45, 2.75) is 17.7 Å². The first-order valence-electron chi connectivity index (χ1n) is 6.15. The molecular weight excluding hydrogens is 330 g/mol. The number of nitrogen functional groups attached to an aromatic ring is 1. The van der Waals surface area contributed by atoms with E-state index < -0.39 is 10.0 Å². The topological polar surface area (TPSA) is 101 Å². The summed E-state index contributed by atoms with van der Waals surface area (Å²) in [6.07, 6.45) is 1.75. The molecular formula is C11H17N5O2S3. The van der Waals surface area contributed by atoms with Crippen LogP contribution in [0.4, 0.5) is 10.8 Å². The number of rotatable bonds is 6. The van der Waals surface area contributed by atoms with E-state index in [1.54, 1.807) is 17.5 Å². The minimum absolute atomic E-state index is 0.0260. The zero-order valence-corrected chi connectivity index (χ0v) is 14.3. The van der Waals surface area contributed by atoms with Gasteiger partial charge in [-0.15, -0.1) is 11.3 Å². The van der Waals surface area contributed by atoms with Gasteiger partial charge in [0.25, 0.3) is 0 Å². The third kappa shape index (κ3) is 3.34. The fourth-order valence-electron chi connectivity index (χ4n) is 1.65. The summed E-state index contributed by atoms with van der Waals surface area (Å²) in [5.41, 5.74) is 5.71. The number of sulfonamides is 1. The second kappa shape index (κ2) is 6.26. The Kier molecular flexibility index (Phi) is 4.81. The molecule has 0 aliphatic heterocycles. The van der Waals surface area contributed by atoms with Gasteiger partial charge in [0.1, 0.15) is 5.00 Å². The molecule has 0 spiro atoms. The summed E-state index contributed by atoms with van der Waals surface area (Å²) in [6.45, 7) is 2.58. The second-order valence-corrected chi connectivity index (χ2v) is 8.45. The van der Waals surface area contributed by atoms with E-state index in [1.165, 1.54) is 14.1 Å². The molecule has 0 aliphatic rings. The van der Waals surface area contributed by atoms with E-state index >= 15 is 0 Å². The van der Waals surface area contributed by atoms with Crippen LogP contribution in [0.2, 0.25) is 0 Å². The van der Waals surface area contributed by atoms with Crippen molar-refractivity contribution in [3.63, 3.8) is 0 Å². The monoisotopic (exact) mass is 347 g/mol. The summed E-state index contributed by atoms with van der Waals surface area (Å²) >= 11 is 2.62. The molecule has 0 aromatic carbocycles. The Bertz CT molecular complexity index is 694. The average molecular weight is 347 g/mol. The van der Waals surface area contributed by atoms with Gasteiger partial charge in [-0.2, -0.15) is 4.37 Å². The molecule has 1 unspecified atom stereocenters. The zero-order chi connectivity index (χ0) is 15.6. The summed E-state index contributed by atoms with van der Waals surface area (Å²) in [6, 6.07) is 0. The van der Waals surface area contributed by atoms with Crippen LogP contribution >= 0.6 is 22.9 Å². The van der Waals surface area contributed by atoms with Crippen molar-refractivity contribution in [1.82, 2.24) is 13.7 Å². The summed E-state index contributed by atoms with van der Waals surface area (Å²) in [4.78, 5) is 4.29. The molecule has 0 amide bonds. The van der Waals surface area contributed by atoms with Crippen LogP contribution in [0.3, 0.4) is 0 Å². The molecule has 0 radical (unpaired) electrons. The third-order valence-corrected chi connectivity index (χ3v) is 6.70. The molecule has 0 saturated carbocycles. The highest BCUT2D eigenvalue weighted by Gasteiger charge is 2.27. The molecule has 2 rings (SSSR count). The minimum atomic E-state index is -3.62. The lowest BCUT2D eigenvalue weighted by Gasteiger charge is -2.14. The zero-order valence-electron chi connectivity index (χ0n) is 11.9. The summed E-state index contributed by atoms with van der Waals surface area (Å²) < 4.78 is 29.6. The molecule has 0 bridgehead atoms. The molecule has 116 valence electrons. The van der Waals surface area contributed by atoms with Crippen LogP contribution in [-0.2, 0) is 10.0 Å². The smallest absolute Gasteiger partial charge is 0.249 e. The van der Waals surface area contributed by atoms with Gasteiger partial charge >= 0.3 is 0 Å². The number of nitrogens with zero attached hydrogens (tertiary/aromatic N) is 3. The summed E-state index contributed by atoms with van der Waals surface area (Å²) in [7, 11) is -0.682. The Balaban J connectivity index is 2.19. The van der Waals surface area contributed by atoms with Crippen LogP contribution < -0.4 is 11.1 Å². The molecule has 2 aromatic rings. The van der Waals surface area contributed by atoms with Gasteiger partial charge in [0.2, 0.25) is 10.0 Å². The van der Waals surface area contributed by atoms with E-state index in [0.29, 0.717) is 11.5 Å². The van der Waals surface area contributed by atoms with Crippen LogP contribution in [-0.4, -0.2) is 42.7 Å². The summed E-state index contributed by atoms with van der Waals surface area (Å²) in [5.74, 6) is 0.196. The normalized spacial score (nSPS) is 13.5. The first-order chi connectivity index (χ1) is 9.84. The molecule has 0 fully saturated rings. The van der Waals surface area contributed by atoms with Crippen molar-refractivity contribution >= 4 is 43.7 Å². The number of aromatic nitrogens is 2. The number of thiazole rings is 1. The van der Waals surface area contributed by atoms with E-state index in [4.69, 9.17) is 5.73 Å². The first-order valence-corrected chi connectivity index (χ1v) is 9.24. The van der Waals surface area contributed by atoms with Crippen LogP contribution in [0.5, 0.6) is 0 Å². The Morgan fingerprint density at radius 1 is 1.48 bits per heavy atom. The highest BCUT2D eigenvalue weighted by Crippen LogP contribution is 2.33. The van der Waals surface area contributed by atoms with E-state index in [0.717, 1.165) is 20.8 Å². The highest BCUT2D eigenvalue weighted by molar-refractivity contribution is 7.89. The SMILES string of the molecule is CC(CNc1snc(N)c1S(=O)(=O)N(C)C)c1nccs1. The van der Waals surface area contributed by atoms with Crippen molar-refractivity contribution in [2.24, 2.45) is 0 Å². The molecule has 10 heteroatoms. The standard InChI is InChI=1S/C11H17N5O2S3/c1-7(10-13-4-5-19-10)6-14-11-8(9(12)15-20-11)21(17,18)16(2)3/h4-5,7,14H,6H2,1-3H3,(H2,12,15). The molecule has 2 aromatic heterocycles. The molecule has 0 saturated heterocycles. The van der Waals surface area contributed by atoms with Crippen molar-refractivity contribution in [1.29, 1.82) is 0 Å². The van der Waals surface area contributed by atoms with E-state index in [1.807, 2.05) is 12.3 Å². The lowest BCUT2D eigenvalue weighted by Crippen LogP contribution is -2.24. The number of hydrogen-bond acceptors (Lipinski definition) is 8. The van der Waals surface area contributed by atoms with Gasteiger partial charge in [0.15, 0.2) is 10.7 Å². The molecule has 7 nitrogen and oxygen atoms in total. The molecule has 21 heavy (non-hydrogen) atoms. The Morgan fingerprint density at radius 2 is 2.19 bits per heavy atom. The third-order valence-electron chi connectivity index (χ3n) is 2.85. The van der Waals surface area contributed by atoms with Gasteiger partial charge < -0.3 is 11.1 Å². The van der Waals surface area contributed by atoms with Gasteiger partial charge in [0.05, 0.1) is 5.01 Å². The molecule has 2 heterocycles. The maximum Gasteiger partial charge on any atom is 0.249 e. The molecule has 3 N–H and O–H groups in total. The molecule has 1 atom stereocenters. The number of hydrogen-bond donors (Lipinski definition) is 2. The van der Waals surface area contributed by atoms with Crippen molar-refractivity contribution in [2.75, 3.05) is 31.7 Å². The van der Waals surface area contributed by atoms with Crippen molar-refractivity contribution < 1.29 is 8.42 Å². The average Bonchev–Trinajstić information content (AvgIpc) is 3.05. The predicted octanol–water partition coefficient (Wildman–Crippen LogP) is 1.65. The van der Waals surface area contributed by atoms with Crippen molar-refractivity contribution in [3.05, 3.63) is 16.6 Å². The Morgan fingerprint density at radius 3 is 2.76 bits per heavy atom. The first kappa shape index (κ1) is 16.1. The number of nitrogens with one attached hydrogen (secondary N) is 1. The van der Waals surface area contributed by atoms with Gasteiger partial charge in [-0.05, 0) is 11.5 Å². The number of nitrogens with two attached hydrogens (primary N) is 1. The van der Waals surface area contributed by atoms with Gasteiger partial charge in [-0.3, -0.25) is 0 Å². The van der Waals surface area contributed by atoms with E-state index in [-0.39, 0.29) is 16.6 Å². The fourth-order valence-corrected chi connectivity index (χ4v) is 4.43. The van der Waals surface area contributed by atoms with Crippen LogP contribution in [0.1, 0.15) is 17.8 Å². The maximum absolute atomic E-state index is 12.3. The van der Waals surface area contributed by atoms with E-state index in [9.17, 15) is 8.42 Å². The lowest BCUT2D eigenvalue weighted by molar-refractivity contribution is 0.521. The van der Waals surface area contributed by atoms with E-state index in [2.05, 4.69) is 14.7 Å². The summed E-state index contributed by atoms with van der Waals surface area (Å²) in [5, 5.41) is 6.49.